The van der Waals surface area contributed by atoms with Gasteiger partial charge in [0.05, 0.1) is 17.6 Å². The number of halogens is 1. The number of benzene rings is 2. The van der Waals surface area contributed by atoms with Crippen molar-refractivity contribution in [1.82, 2.24) is 0 Å². The Labute approximate surface area is 120 Å². The average Bonchev–Trinajstić information content (AvgIpc) is 2.47. The van der Waals surface area contributed by atoms with E-state index in [1.807, 2.05) is 0 Å². The van der Waals surface area contributed by atoms with E-state index in [2.05, 4.69) is 0 Å². The first-order chi connectivity index (χ1) is 10.0. The van der Waals surface area contributed by atoms with Gasteiger partial charge in [-0.25, -0.2) is 4.39 Å². The van der Waals surface area contributed by atoms with Gasteiger partial charge in [-0.05, 0) is 18.2 Å². The summed E-state index contributed by atoms with van der Waals surface area (Å²) >= 11 is 0. The Kier molecular flexibility index (Phi) is 4.27. The third-order valence-electron chi connectivity index (χ3n) is 3.00. The Morgan fingerprint density at radius 3 is 2.67 bits per heavy atom. The highest BCUT2D eigenvalue weighted by Gasteiger charge is 2.21. The summed E-state index contributed by atoms with van der Waals surface area (Å²) in [5.41, 5.74) is -0.0641. The maximum Gasteiger partial charge on any atom is 0.280 e. The summed E-state index contributed by atoms with van der Waals surface area (Å²) in [7, 11) is 1.47. The topological polar surface area (TPSA) is 69.4 Å². The molecule has 0 atom stereocenters. The molecule has 0 saturated carbocycles. The lowest BCUT2D eigenvalue weighted by molar-refractivity contribution is -0.385. The van der Waals surface area contributed by atoms with E-state index in [0.29, 0.717) is 11.3 Å². The number of rotatable bonds is 5. The predicted octanol–water partition coefficient (Wildman–Crippen LogP) is 3.17. The van der Waals surface area contributed by atoms with Crippen molar-refractivity contribution in [2.75, 3.05) is 7.11 Å². The number of hydrogen-bond acceptors (Lipinski definition) is 4. The van der Waals surface area contributed by atoms with Gasteiger partial charge in [0.2, 0.25) is 0 Å². The van der Waals surface area contributed by atoms with E-state index in [1.54, 1.807) is 24.3 Å². The van der Waals surface area contributed by atoms with Gasteiger partial charge in [0.25, 0.3) is 5.69 Å². The molecule has 5 nitrogen and oxygen atoms in total. The van der Waals surface area contributed by atoms with E-state index in [4.69, 9.17) is 4.74 Å². The minimum atomic E-state index is -0.700. The van der Waals surface area contributed by atoms with Crippen LogP contribution < -0.4 is 4.74 Å². The van der Waals surface area contributed by atoms with E-state index < -0.39 is 22.2 Å². The highest BCUT2D eigenvalue weighted by Crippen LogP contribution is 2.24. The molecule has 0 heterocycles. The molecular formula is C15H12FNO4. The Balaban J connectivity index is 2.37. The molecule has 0 saturated heterocycles. The van der Waals surface area contributed by atoms with Gasteiger partial charge in [-0.3, -0.25) is 14.9 Å². The van der Waals surface area contributed by atoms with Gasteiger partial charge >= 0.3 is 0 Å². The number of nitrogens with zero attached hydrogens (tertiary/aromatic N) is 1. The number of methoxy groups -OCH3 is 1. The van der Waals surface area contributed by atoms with Gasteiger partial charge in [-0.1, -0.05) is 18.2 Å². The molecule has 0 radical (unpaired) electrons. The van der Waals surface area contributed by atoms with Gasteiger partial charge in [-0.15, -0.1) is 0 Å². The van der Waals surface area contributed by atoms with Crippen molar-refractivity contribution < 1.29 is 18.8 Å². The van der Waals surface area contributed by atoms with Crippen LogP contribution in [0.5, 0.6) is 5.75 Å². The van der Waals surface area contributed by atoms with E-state index in [9.17, 15) is 19.3 Å². The zero-order chi connectivity index (χ0) is 15.4. The zero-order valence-corrected chi connectivity index (χ0v) is 11.2. The normalized spacial score (nSPS) is 10.2. The van der Waals surface area contributed by atoms with Crippen molar-refractivity contribution in [1.29, 1.82) is 0 Å². The molecule has 0 aliphatic heterocycles. The molecule has 2 rings (SSSR count). The second-order valence-corrected chi connectivity index (χ2v) is 4.33. The fourth-order valence-corrected chi connectivity index (χ4v) is 2.01. The van der Waals surface area contributed by atoms with Crippen molar-refractivity contribution >= 4 is 11.5 Å². The number of ether oxygens (including phenoxy) is 1. The molecule has 6 heteroatoms. The molecule has 2 aromatic carbocycles. The van der Waals surface area contributed by atoms with E-state index in [1.165, 1.54) is 7.11 Å². The van der Waals surface area contributed by atoms with Crippen LogP contribution in [0.2, 0.25) is 0 Å². The quantitative estimate of drug-likeness (QED) is 0.481. The van der Waals surface area contributed by atoms with Crippen LogP contribution in [0.15, 0.2) is 42.5 Å². The van der Waals surface area contributed by atoms with Gasteiger partial charge in [-0.2, -0.15) is 0 Å². The minimum Gasteiger partial charge on any atom is -0.496 e. The van der Waals surface area contributed by atoms with Crippen LogP contribution >= 0.6 is 0 Å². The molecule has 0 N–H and O–H groups in total. The molecule has 0 aliphatic carbocycles. The van der Waals surface area contributed by atoms with Gasteiger partial charge in [0.15, 0.2) is 5.78 Å². The number of nitro benzene ring substituents is 1. The SMILES string of the molecule is COc1ccccc1CC(=O)c1cc(F)ccc1[N+](=O)[O-]. The number of hydrogen-bond donors (Lipinski definition) is 0. The first-order valence-electron chi connectivity index (χ1n) is 6.12. The van der Waals surface area contributed by atoms with Crippen LogP contribution in [0.3, 0.4) is 0 Å². The lowest BCUT2D eigenvalue weighted by Gasteiger charge is -2.07. The molecule has 0 bridgehead atoms. The molecule has 0 aliphatic rings. The smallest absolute Gasteiger partial charge is 0.280 e. The third-order valence-corrected chi connectivity index (χ3v) is 3.00. The number of Topliss-reactive ketones (excluding diaryl/α,β-unsaturated/α-hetero) is 1. The zero-order valence-electron chi connectivity index (χ0n) is 11.2. The highest BCUT2D eigenvalue weighted by atomic mass is 19.1. The summed E-state index contributed by atoms with van der Waals surface area (Å²) in [6.07, 6.45) is -0.103. The number of nitro groups is 1. The largest absolute Gasteiger partial charge is 0.496 e. The summed E-state index contributed by atoms with van der Waals surface area (Å²) in [6, 6.07) is 9.67. The minimum absolute atomic E-state index is 0.103. The van der Waals surface area contributed by atoms with Crippen molar-refractivity contribution in [2.24, 2.45) is 0 Å². The maximum absolute atomic E-state index is 13.3. The Bertz CT molecular complexity index is 700. The van der Waals surface area contributed by atoms with Crippen LogP contribution in [-0.4, -0.2) is 17.8 Å². The fourth-order valence-electron chi connectivity index (χ4n) is 2.01. The molecule has 2 aromatic rings. The maximum atomic E-state index is 13.3. The Hall–Kier alpha value is -2.76. The van der Waals surface area contributed by atoms with Crippen LogP contribution in [-0.2, 0) is 6.42 Å². The number of carbonyl (C=O) groups excluding carboxylic acids is 1. The molecular weight excluding hydrogens is 277 g/mol. The van der Waals surface area contributed by atoms with Crippen molar-refractivity contribution in [3.63, 3.8) is 0 Å². The van der Waals surface area contributed by atoms with Gasteiger partial charge in [0.1, 0.15) is 11.6 Å². The van der Waals surface area contributed by atoms with Crippen molar-refractivity contribution in [3.05, 3.63) is 69.5 Å². The molecule has 0 aromatic heterocycles. The predicted molar refractivity (Wildman–Crippen MR) is 74.1 cm³/mol. The number of ketones is 1. The van der Waals surface area contributed by atoms with Crippen LogP contribution in [0.4, 0.5) is 10.1 Å². The van der Waals surface area contributed by atoms with Crippen LogP contribution in [0, 0.1) is 15.9 Å². The van der Waals surface area contributed by atoms with Crippen LogP contribution in [0.1, 0.15) is 15.9 Å². The lowest BCUT2D eigenvalue weighted by atomic mass is 10.0. The summed E-state index contributed by atoms with van der Waals surface area (Å²) < 4.78 is 18.4. The molecule has 108 valence electrons. The lowest BCUT2D eigenvalue weighted by Crippen LogP contribution is -2.08. The summed E-state index contributed by atoms with van der Waals surface area (Å²) in [5.74, 6) is -0.723. The van der Waals surface area contributed by atoms with Crippen molar-refractivity contribution in [3.8, 4) is 5.75 Å². The van der Waals surface area contributed by atoms with Gasteiger partial charge < -0.3 is 4.74 Å². The van der Waals surface area contributed by atoms with Gasteiger partial charge in [0, 0.05) is 18.1 Å². The molecule has 0 spiro atoms. The highest BCUT2D eigenvalue weighted by molar-refractivity contribution is 6.01. The fraction of sp³-hybridized carbons (Fsp3) is 0.133. The molecule has 21 heavy (non-hydrogen) atoms. The molecule has 0 unspecified atom stereocenters. The Morgan fingerprint density at radius 2 is 2.00 bits per heavy atom. The molecule has 0 fully saturated rings. The first kappa shape index (κ1) is 14.6. The van der Waals surface area contributed by atoms with E-state index in [0.717, 1.165) is 18.2 Å². The summed E-state index contributed by atoms with van der Waals surface area (Å²) in [6.45, 7) is 0. The van der Waals surface area contributed by atoms with Crippen molar-refractivity contribution in [2.45, 2.75) is 6.42 Å². The number of para-hydroxylation sites is 1. The summed E-state index contributed by atoms with van der Waals surface area (Å²) in [5, 5.41) is 10.9. The molecule has 0 amide bonds. The number of carbonyl (C=O) groups is 1. The second-order valence-electron chi connectivity index (χ2n) is 4.33. The van der Waals surface area contributed by atoms with E-state index in [-0.39, 0.29) is 12.0 Å². The van der Waals surface area contributed by atoms with E-state index >= 15 is 0 Å². The van der Waals surface area contributed by atoms with Crippen LogP contribution in [0.25, 0.3) is 0 Å². The monoisotopic (exact) mass is 289 g/mol. The standard InChI is InChI=1S/C15H12FNO4/c1-21-15-5-3-2-4-10(15)8-14(18)12-9-11(16)6-7-13(12)17(19)20/h2-7,9H,8H2,1H3. The Morgan fingerprint density at radius 1 is 1.29 bits per heavy atom. The third kappa shape index (κ3) is 3.22. The second kappa shape index (κ2) is 6.13. The average molecular weight is 289 g/mol. The summed E-state index contributed by atoms with van der Waals surface area (Å²) in [4.78, 5) is 22.5. The first-order valence-corrected chi connectivity index (χ1v) is 6.12.